The molecule has 18 heavy (non-hydrogen) atoms. The molecule has 0 unspecified atom stereocenters. The molecule has 0 spiro atoms. The Labute approximate surface area is 110 Å². The van der Waals surface area contributed by atoms with Crippen LogP contribution in [-0.2, 0) is 0 Å². The van der Waals surface area contributed by atoms with Crippen LogP contribution in [0.3, 0.4) is 0 Å². The van der Waals surface area contributed by atoms with E-state index in [0.29, 0.717) is 10.7 Å². The molecule has 3 heteroatoms. The Morgan fingerprint density at radius 1 is 1.00 bits per heavy atom. The topological polar surface area (TPSA) is 39.6 Å². The molecule has 0 fully saturated rings. The van der Waals surface area contributed by atoms with E-state index in [4.69, 9.17) is 17.0 Å². The van der Waals surface area contributed by atoms with E-state index in [-0.39, 0.29) is 0 Å². The van der Waals surface area contributed by atoms with Crippen molar-refractivity contribution >= 4 is 28.2 Å². The average molecular weight is 255 g/mol. The van der Waals surface area contributed by atoms with Crippen molar-refractivity contribution in [3.63, 3.8) is 0 Å². The number of hydrogen-bond acceptors (Lipinski definition) is 1. The van der Waals surface area contributed by atoms with Crippen LogP contribution in [0.5, 0.6) is 0 Å². The first-order valence-corrected chi connectivity index (χ1v) is 6.04. The number of fused-ring (bicyclic) bond motifs is 1. The van der Waals surface area contributed by atoms with Gasteiger partial charge in [-0.25, -0.2) is 0 Å². The lowest BCUT2D eigenvalue weighted by Crippen LogP contribution is -1.99. The lowest BCUT2D eigenvalue weighted by atomic mass is 10.0. The summed E-state index contributed by atoms with van der Waals surface area (Å²) in [5, 5.41) is 10.0. The van der Waals surface area contributed by atoms with Crippen molar-refractivity contribution in [2.75, 3.05) is 0 Å². The third kappa shape index (κ3) is 1.81. The molecular weight excluding hydrogens is 244 g/mol. The summed E-state index contributed by atoms with van der Waals surface area (Å²) in [6.07, 6.45) is 1.88. The van der Waals surface area contributed by atoms with Gasteiger partial charge < -0.3 is 4.98 Å². The summed E-state index contributed by atoms with van der Waals surface area (Å²) < 4.78 is 0. The third-order valence-corrected chi connectivity index (χ3v) is 3.24. The van der Waals surface area contributed by atoms with Gasteiger partial charge in [-0.2, -0.15) is 0 Å². The monoisotopic (exact) mass is 254 g/mol. The number of para-hydroxylation sites is 1. The van der Waals surface area contributed by atoms with E-state index in [2.05, 4.69) is 4.98 Å². The van der Waals surface area contributed by atoms with Crippen LogP contribution in [0.4, 0.5) is 0 Å². The van der Waals surface area contributed by atoms with Crippen molar-refractivity contribution < 1.29 is 0 Å². The molecule has 0 radical (unpaired) electrons. The van der Waals surface area contributed by atoms with Crippen LogP contribution in [0.1, 0.15) is 11.1 Å². The quantitative estimate of drug-likeness (QED) is 0.643. The van der Waals surface area contributed by atoms with Gasteiger partial charge in [0.1, 0.15) is 0 Å². The molecule has 2 aromatic carbocycles. The largest absolute Gasteiger partial charge is 0.360 e. The molecular formula is C15H11ClN2. The SMILES string of the molecule is N=C(c1ccc(Cl)cc1)c1c[nH]c2ccccc12. The predicted molar refractivity (Wildman–Crippen MR) is 75.7 cm³/mol. The van der Waals surface area contributed by atoms with Crippen LogP contribution in [0.2, 0.25) is 5.02 Å². The predicted octanol–water partition coefficient (Wildman–Crippen LogP) is 4.24. The maximum atomic E-state index is 8.28. The van der Waals surface area contributed by atoms with Crippen molar-refractivity contribution in [1.82, 2.24) is 4.98 Å². The molecule has 0 aliphatic heterocycles. The number of rotatable bonds is 2. The fraction of sp³-hybridized carbons (Fsp3) is 0. The molecule has 3 aromatic rings. The second kappa shape index (κ2) is 4.31. The Morgan fingerprint density at radius 3 is 2.50 bits per heavy atom. The van der Waals surface area contributed by atoms with Gasteiger partial charge in [-0.05, 0) is 18.2 Å². The van der Waals surface area contributed by atoms with Gasteiger partial charge in [0.15, 0.2) is 0 Å². The molecule has 0 bridgehead atoms. The van der Waals surface area contributed by atoms with Crippen molar-refractivity contribution in [3.8, 4) is 0 Å². The second-order valence-electron chi connectivity index (χ2n) is 4.13. The van der Waals surface area contributed by atoms with Crippen molar-refractivity contribution in [2.45, 2.75) is 0 Å². The Bertz CT molecular complexity index is 711. The van der Waals surface area contributed by atoms with E-state index in [1.54, 1.807) is 12.1 Å². The summed E-state index contributed by atoms with van der Waals surface area (Å²) in [5.41, 5.74) is 3.33. The summed E-state index contributed by atoms with van der Waals surface area (Å²) in [6.45, 7) is 0. The number of aromatic nitrogens is 1. The first-order chi connectivity index (χ1) is 8.75. The standard InChI is InChI=1S/C15H11ClN2/c16-11-7-5-10(6-8-11)15(17)13-9-18-14-4-2-1-3-12(13)14/h1-9,17-18H. The first kappa shape index (κ1) is 11.1. The van der Waals surface area contributed by atoms with Gasteiger partial charge in [-0.3, -0.25) is 5.41 Å². The van der Waals surface area contributed by atoms with Gasteiger partial charge in [0, 0.05) is 33.2 Å². The summed E-state index contributed by atoms with van der Waals surface area (Å²) >= 11 is 5.86. The van der Waals surface area contributed by atoms with Gasteiger partial charge in [-0.1, -0.05) is 41.9 Å². The molecule has 0 amide bonds. The zero-order chi connectivity index (χ0) is 12.5. The number of hydrogen-bond donors (Lipinski definition) is 2. The summed E-state index contributed by atoms with van der Waals surface area (Å²) in [5.74, 6) is 0. The van der Waals surface area contributed by atoms with Crippen LogP contribution in [0.25, 0.3) is 10.9 Å². The summed E-state index contributed by atoms with van der Waals surface area (Å²) in [4.78, 5) is 3.18. The molecule has 0 aliphatic carbocycles. The van der Waals surface area contributed by atoms with Gasteiger partial charge in [0.2, 0.25) is 0 Å². The van der Waals surface area contributed by atoms with Crippen LogP contribution >= 0.6 is 11.6 Å². The Balaban J connectivity index is 2.09. The third-order valence-electron chi connectivity index (χ3n) is 2.99. The minimum Gasteiger partial charge on any atom is -0.360 e. The molecule has 1 heterocycles. The van der Waals surface area contributed by atoms with Crippen molar-refractivity contribution in [1.29, 1.82) is 5.41 Å². The highest BCUT2D eigenvalue weighted by molar-refractivity contribution is 6.30. The molecule has 2 N–H and O–H groups in total. The molecule has 0 saturated carbocycles. The minimum atomic E-state index is 0.504. The number of halogens is 1. The van der Waals surface area contributed by atoms with Crippen molar-refractivity contribution in [3.05, 3.63) is 70.9 Å². The van der Waals surface area contributed by atoms with E-state index in [0.717, 1.165) is 22.0 Å². The maximum Gasteiger partial charge on any atom is 0.0706 e. The molecule has 0 saturated heterocycles. The van der Waals surface area contributed by atoms with E-state index in [1.165, 1.54) is 0 Å². The van der Waals surface area contributed by atoms with E-state index >= 15 is 0 Å². The first-order valence-electron chi connectivity index (χ1n) is 5.67. The minimum absolute atomic E-state index is 0.504. The highest BCUT2D eigenvalue weighted by Crippen LogP contribution is 2.21. The van der Waals surface area contributed by atoms with Crippen LogP contribution in [0, 0.1) is 5.41 Å². The molecule has 2 nitrogen and oxygen atoms in total. The number of benzene rings is 2. The molecule has 3 rings (SSSR count). The average Bonchev–Trinajstić information content (AvgIpc) is 2.82. The Morgan fingerprint density at radius 2 is 1.72 bits per heavy atom. The number of nitrogens with one attached hydrogen (secondary N) is 2. The van der Waals surface area contributed by atoms with Crippen LogP contribution in [-0.4, -0.2) is 10.7 Å². The Hall–Kier alpha value is -2.06. The fourth-order valence-electron chi connectivity index (χ4n) is 2.05. The molecule has 0 atom stereocenters. The van der Waals surface area contributed by atoms with Crippen LogP contribution < -0.4 is 0 Å². The number of aromatic amines is 1. The smallest absolute Gasteiger partial charge is 0.0706 e. The van der Waals surface area contributed by atoms with Crippen molar-refractivity contribution in [2.24, 2.45) is 0 Å². The maximum absolute atomic E-state index is 8.28. The Kier molecular flexibility index (Phi) is 2.65. The molecule has 0 aliphatic rings. The highest BCUT2D eigenvalue weighted by atomic mass is 35.5. The lowest BCUT2D eigenvalue weighted by Gasteiger charge is -2.03. The van der Waals surface area contributed by atoms with E-state index in [9.17, 15) is 0 Å². The van der Waals surface area contributed by atoms with Gasteiger partial charge in [0.25, 0.3) is 0 Å². The van der Waals surface area contributed by atoms with Crippen LogP contribution in [0.15, 0.2) is 54.7 Å². The zero-order valence-corrected chi connectivity index (χ0v) is 10.3. The molecule has 1 aromatic heterocycles. The molecule has 88 valence electrons. The van der Waals surface area contributed by atoms with E-state index in [1.807, 2.05) is 42.6 Å². The van der Waals surface area contributed by atoms with E-state index < -0.39 is 0 Å². The lowest BCUT2D eigenvalue weighted by molar-refractivity contribution is 1.44. The second-order valence-corrected chi connectivity index (χ2v) is 4.57. The fourth-order valence-corrected chi connectivity index (χ4v) is 2.18. The van der Waals surface area contributed by atoms with Gasteiger partial charge in [-0.15, -0.1) is 0 Å². The summed E-state index contributed by atoms with van der Waals surface area (Å²) in [6, 6.07) is 15.3. The van der Waals surface area contributed by atoms with Gasteiger partial charge >= 0.3 is 0 Å². The summed E-state index contributed by atoms with van der Waals surface area (Å²) in [7, 11) is 0. The number of H-pyrrole nitrogens is 1. The van der Waals surface area contributed by atoms with Gasteiger partial charge in [0.05, 0.1) is 5.71 Å². The highest BCUT2D eigenvalue weighted by Gasteiger charge is 2.09. The normalized spacial score (nSPS) is 10.7. The zero-order valence-electron chi connectivity index (χ0n) is 9.57.